The molecule has 3 atom stereocenters. The maximum Gasteiger partial charge on any atom is 0.391 e. The first-order valence-corrected chi connectivity index (χ1v) is 8.02. The number of hydrogen-bond donors (Lipinski definition) is 0. The Morgan fingerprint density at radius 1 is 1.26 bits per heavy atom. The second-order valence-electron chi connectivity index (χ2n) is 6.25. The highest BCUT2D eigenvalue weighted by atomic mass is 19.4. The zero-order valence-corrected chi connectivity index (χ0v) is 13.8. The van der Waals surface area contributed by atoms with Gasteiger partial charge in [0.15, 0.2) is 0 Å². The predicted octanol–water partition coefficient (Wildman–Crippen LogP) is 3.86. The quantitative estimate of drug-likeness (QED) is 0.474. The number of halogens is 3. The van der Waals surface area contributed by atoms with Gasteiger partial charge in [0.2, 0.25) is 0 Å². The van der Waals surface area contributed by atoms with Crippen LogP contribution in [-0.2, 0) is 19.0 Å². The Kier molecular flexibility index (Phi) is 7.41. The van der Waals surface area contributed by atoms with E-state index in [2.05, 4.69) is 4.74 Å². The summed E-state index contributed by atoms with van der Waals surface area (Å²) in [5.41, 5.74) is 0. The molecule has 4 nitrogen and oxygen atoms in total. The molecule has 0 saturated heterocycles. The Bertz CT molecular complexity index is 414. The van der Waals surface area contributed by atoms with Gasteiger partial charge in [-0.1, -0.05) is 20.3 Å². The number of hydrogen-bond acceptors (Lipinski definition) is 4. The number of rotatable bonds is 9. The van der Waals surface area contributed by atoms with E-state index in [4.69, 9.17) is 4.65 Å². The van der Waals surface area contributed by atoms with Crippen molar-refractivity contribution in [3.05, 3.63) is 0 Å². The molecule has 132 valence electrons. The van der Waals surface area contributed by atoms with Gasteiger partial charge >= 0.3 is 19.1 Å². The highest BCUT2D eigenvalue weighted by Gasteiger charge is 2.60. The van der Waals surface area contributed by atoms with Crippen molar-refractivity contribution in [2.24, 2.45) is 11.8 Å². The van der Waals surface area contributed by atoms with Crippen molar-refractivity contribution in [1.29, 1.82) is 0 Å². The van der Waals surface area contributed by atoms with E-state index in [1.807, 2.05) is 13.8 Å². The maximum absolute atomic E-state index is 12.7. The average molecular weight is 336 g/mol. The molecule has 0 bridgehead atoms. The Morgan fingerprint density at radius 3 is 2.35 bits per heavy atom. The van der Waals surface area contributed by atoms with Gasteiger partial charge in [0.25, 0.3) is 5.97 Å². The zero-order valence-electron chi connectivity index (χ0n) is 13.8. The van der Waals surface area contributed by atoms with E-state index in [0.29, 0.717) is 6.32 Å². The fourth-order valence-electron chi connectivity index (χ4n) is 2.58. The van der Waals surface area contributed by atoms with Crippen molar-refractivity contribution in [1.82, 2.24) is 0 Å². The Morgan fingerprint density at radius 2 is 1.87 bits per heavy atom. The minimum absolute atomic E-state index is 0.00943. The van der Waals surface area contributed by atoms with Crippen molar-refractivity contribution in [3.8, 4) is 0 Å². The van der Waals surface area contributed by atoms with Crippen molar-refractivity contribution in [2.75, 3.05) is 7.11 Å². The van der Waals surface area contributed by atoms with Crippen LogP contribution in [0.1, 0.15) is 46.0 Å². The van der Waals surface area contributed by atoms with Crippen LogP contribution in [0.4, 0.5) is 13.2 Å². The molecule has 0 aliphatic heterocycles. The molecular weight excluding hydrogens is 312 g/mol. The third kappa shape index (κ3) is 6.83. The lowest BCUT2D eigenvalue weighted by Gasteiger charge is -2.18. The summed E-state index contributed by atoms with van der Waals surface area (Å²) >= 11 is 0. The van der Waals surface area contributed by atoms with E-state index < -0.39 is 36.8 Å². The van der Waals surface area contributed by atoms with Gasteiger partial charge in [0, 0.05) is 12.8 Å². The third-order valence-corrected chi connectivity index (χ3v) is 4.34. The van der Waals surface area contributed by atoms with Crippen LogP contribution in [0.2, 0.25) is 12.1 Å². The Balaban J connectivity index is 2.50. The summed E-state index contributed by atoms with van der Waals surface area (Å²) in [6.45, 7) is 3.19. The first kappa shape index (κ1) is 19.8. The molecule has 1 aliphatic carbocycles. The second-order valence-corrected chi connectivity index (χ2v) is 6.25. The minimum atomic E-state index is -4.23. The summed E-state index contributed by atoms with van der Waals surface area (Å²) in [6.07, 6.45) is -2.56. The summed E-state index contributed by atoms with van der Waals surface area (Å²) < 4.78 is 48.0. The molecule has 8 heteroatoms. The van der Waals surface area contributed by atoms with Gasteiger partial charge in [0.05, 0.1) is 13.0 Å². The molecule has 1 rings (SSSR count). The minimum Gasteiger partial charge on any atom is -0.536 e. The van der Waals surface area contributed by atoms with Crippen LogP contribution in [0, 0.1) is 11.8 Å². The van der Waals surface area contributed by atoms with Crippen LogP contribution in [0.15, 0.2) is 0 Å². The Hall–Kier alpha value is -1.21. The molecule has 0 aromatic carbocycles. The van der Waals surface area contributed by atoms with E-state index in [1.165, 1.54) is 7.11 Å². The van der Waals surface area contributed by atoms with Crippen LogP contribution >= 0.6 is 0 Å². The van der Waals surface area contributed by atoms with E-state index in [9.17, 15) is 22.8 Å². The monoisotopic (exact) mass is 336 g/mol. The van der Waals surface area contributed by atoms with Crippen molar-refractivity contribution >= 4 is 18.9 Å². The number of carbonyl (C=O) groups excluding carboxylic acids is 2. The van der Waals surface area contributed by atoms with Gasteiger partial charge in [-0.3, -0.25) is 9.59 Å². The first-order valence-electron chi connectivity index (χ1n) is 8.02. The summed E-state index contributed by atoms with van der Waals surface area (Å²) in [6, 6.07) is 0. The molecular formula is C15H24BF3O4. The molecule has 1 unspecified atom stereocenters. The molecule has 1 saturated carbocycles. The number of ether oxygens (including phenoxy) is 1. The Labute approximate surface area is 135 Å². The molecule has 0 aromatic heterocycles. The summed E-state index contributed by atoms with van der Waals surface area (Å²) in [5, 5.41) is 0. The van der Waals surface area contributed by atoms with Crippen LogP contribution in [0.3, 0.4) is 0 Å². The van der Waals surface area contributed by atoms with Crippen molar-refractivity contribution < 1.29 is 32.2 Å². The van der Waals surface area contributed by atoms with E-state index in [1.54, 1.807) is 0 Å². The molecule has 0 N–H and O–H groups in total. The summed E-state index contributed by atoms with van der Waals surface area (Å²) in [7, 11) is 1.26. The lowest BCUT2D eigenvalue weighted by Crippen LogP contribution is -2.27. The number of alkyl halides is 3. The molecule has 0 amide bonds. The number of carbonyl (C=O) groups is 2. The molecule has 0 spiro atoms. The third-order valence-electron chi connectivity index (χ3n) is 4.34. The van der Waals surface area contributed by atoms with Crippen molar-refractivity contribution in [3.63, 3.8) is 0 Å². The molecule has 0 heterocycles. The van der Waals surface area contributed by atoms with Gasteiger partial charge < -0.3 is 9.39 Å². The standard InChI is InChI=1S/C15H24BF3O4/c1-4-10(2)9-16(12-8-11(12)15(17,18)19)23-14(21)7-5-6-13(20)22-3/h10-12H,4-9H2,1-3H3/t10?,11-,12-/m1/s1. The molecule has 23 heavy (non-hydrogen) atoms. The summed E-state index contributed by atoms with van der Waals surface area (Å²) in [4.78, 5) is 22.8. The fraction of sp³-hybridized carbons (Fsp3) is 0.867. The lowest BCUT2D eigenvalue weighted by molar-refractivity contribution is -0.148. The number of methoxy groups -OCH3 is 1. The van der Waals surface area contributed by atoms with Crippen LogP contribution in [-0.4, -0.2) is 32.1 Å². The van der Waals surface area contributed by atoms with Crippen molar-refractivity contribution in [2.45, 2.75) is 64.3 Å². The summed E-state index contributed by atoms with van der Waals surface area (Å²) in [5.74, 6) is -2.77. The largest absolute Gasteiger partial charge is 0.536 e. The van der Waals surface area contributed by atoms with Gasteiger partial charge in [-0.05, 0) is 30.9 Å². The van der Waals surface area contributed by atoms with E-state index >= 15 is 0 Å². The SMILES string of the molecule is CCC(C)CB(OC(=O)CCCC(=O)OC)[C@@H]1C[C@H]1C(F)(F)F. The van der Waals surface area contributed by atoms with E-state index in [0.717, 1.165) is 6.42 Å². The zero-order chi connectivity index (χ0) is 17.6. The molecule has 0 aromatic rings. The first-order chi connectivity index (χ1) is 10.7. The second kappa shape index (κ2) is 8.59. The van der Waals surface area contributed by atoms with Gasteiger partial charge in [-0.2, -0.15) is 13.2 Å². The predicted molar refractivity (Wildman–Crippen MR) is 79.9 cm³/mol. The number of esters is 1. The molecule has 1 fully saturated rings. The normalized spacial score (nSPS) is 21.5. The van der Waals surface area contributed by atoms with E-state index in [-0.39, 0.29) is 31.6 Å². The van der Waals surface area contributed by atoms with Gasteiger partial charge in [0.1, 0.15) is 0 Å². The topological polar surface area (TPSA) is 52.6 Å². The van der Waals surface area contributed by atoms with Crippen LogP contribution < -0.4 is 0 Å². The smallest absolute Gasteiger partial charge is 0.391 e. The fourth-order valence-corrected chi connectivity index (χ4v) is 2.58. The molecule has 1 aliphatic rings. The van der Waals surface area contributed by atoms with Crippen LogP contribution in [0.25, 0.3) is 0 Å². The van der Waals surface area contributed by atoms with Gasteiger partial charge in [-0.15, -0.1) is 0 Å². The highest BCUT2D eigenvalue weighted by molar-refractivity contribution is 6.56. The lowest BCUT2D eigenvalue weighted by atomic mass is 9.55. The van der Waals surface area contributed by atoms with Gasteiger partial charge in [-0.25, -0.2) is 0 Å². The maximum atomic E-state index is 12.7. The molecule has 0 radical (unpaired) electrons. The van der Waals surface area contributed by atoms with Crippen LogP contribution in [0.5, 0.6) is 0 Å². The average Bonchev–Trinajstić information content (AvgIpc) is 3.26. The highest BCUT2D eigenvalue weighted by Crippen LogP contribution is 2.57.